The number of ether oxygens (including phenoxy) is 1. The first-order valence-corrected chi connectivity index (χ1v) is 9.24. The molecular formula is C19H26F2N2O3. The van der Waals surface area contributed by atoms with Gasteiger partial charge in [0.05, 0.1) is 0 Å². The molecule has 2 saturated heterocycles. The molecule has 26 heavy (non-hydrogen) atoms. The van der Waals surface area contributed by atoms with Gasteiger partial charge < -0.3 is 19.6 Å². The molecule has 2 aliphatic rings. The Morgan fingerprint density at radius 2 is 1.77 bits per heavy atom. The van der Waals surface area contributed by atoms with Crippen LogP contribution in [0.15, 0.2) is 24.3 Å². The minimum absolute atomic E-state index is 0.0363. The van der Waals surface area contributed by atoms with Crippen LogP contribution < -0.4 is 4.74 Å². The second kappa shape index (κ2) is 8.77. The maximum absolute atomic E-state index is 12.7. The molecule has 2 atom stereocenters. The molecule has 1 N–H and O–H groups in total. The quantitative estimate of drug-likeness (QED) is 0.838. The van der Waals surface area contributed by atoms with Crippen molar-refractivity contribution in [1.82, 2.24) is 9.80 Å². The highest BCUT2D eigenvalue weighted by atomic mass is 19.3. The number of benzene rings is 1. The van der Waals surface area contributed by atoms with E-state index in [1.165, 1.54) is 43.5 Å². The normalized spacial score (nSPS) is 24.2. The molecule has 1 amide bonds. The Labute approximate surface area is 152 Å². The lowest BCUT2D eigenvalue weighted by Gasteiger charge is -2.30. The molecule has 0 bridgehead atoms. The zero-order valence-electron chi connectivity index (χ0n) is 14.8. The Bertz CT molecular complexity index is 591. The molecule has 0 saturated carbocycles. The molecule has 3 rings (SSSR count). The first kappa shape index (κ1) is 19.0. The molecule has 2 heterocycles. The molecule has 1 aromatic rings. The lowest BCUT2D eigenvalue weighted by Crippen LogP contribution is -2.37. The maximum Gasteiger partial charge on any atom is 0.387 e. The molecule has 144 valence electrons. The number of likely N-dealkylation sites (tertiary alicyclic amines) is 2. The van der Waals surface area contributed by atoms with Crippen LogP contribution in [-0.2, 0) is 0 Å². The fourth-order valence-electron chi connectivity index (χ4n) is 3.95. The number of carbonyl (C=O) groups excluding carboxylic acids is 1. The third kappa shape index (κ3) is 4.71. The van der Waals surface area contributed by atoms with Gasteiger partial charge in [0.2, 0.25) is 0 Å². The van der Waals surface area contributed by atoms with Crippen molar-refractivity contribution in [3.8, 4) is 5.75 Å². The van der Waals surface area contributed by atoms with Gasteiger partial charge in [-0.15, -0.1) is 0 Å². The van der Waals surface area contributed by atoms with Crippen LogP contribution >= 0.6 is 0 Å². The van der Waals surface area contributed by atoms with E-state index in [0.29, 0.717) is 18.7 Å². The van der Waals surface area contributed by atoms with Crippen molar-refractivity contribution < 1.29 is 23.4 Å². The topological polar surface area (TPSA) is 53.0 Å². The summed E-state index contributed by atoms with van der Waals surface area (Å²) in [5, 5.41) is 9.71. The lowest BCUT2D eigenvalue weighted by atomic mass is 9.95. The third-order valence-electron chi connectivity index (χ3n) is 5.37. The van der Waals surface area contributed by atoms with E-state index >= 15 is 0 Å². The highest BCUT2D eigenvalue weighted by molar-refractivity contribution is 5.94. The second-order valence-corrected chi connectivity index (χ2v) is 7.18. The highest BCUT2D eigenvalue weighted by Crippen LogP contribution is 2.27. The van der Waals surface area contributed by atoms with Crippen LogP contribution in [0.1, 0.15) is 29.6 Å². The van der Waals surface area contributed by atoms with E-state index in [-0.39, 0.29) is 30.1 Å². The largest absolute Gasteiger partial charge is 0.435 e. The Hall–Kier alpha value is -1.73. The molecular weight excluding hydrogens is 342 g/mol. The summed E-state index contributed by atoms with van der Waals surface area (Å²) in [5.41, 5.74) is 0.446. The van der Waals surface area contributed by atoms with Crippen LogP contribution in [0.25, 0.3) is 0 Å². The van der Waals surface area contributed by atoms with E-state index in [1.807, 2.05) is 0 Å². The average molecular weight is 368 g/mol. The number of halogens is 2. The molecule has 2 fully saturated rings. The van der Waals surface area contributed by atoms with Gasteiger partial charge in [0.15, 0.2) is 0 Å². The zero-order valence-corrected chi connectivity index (χ0v) is 14.8. The van der Waals surface area contributed by atoms with Crippen LogP contribution in [0.3, 0.4) is 0 Å². The van der Waals surface area contributed by atoms with Crippen molar-refractivity contribution in [3.05, 3.63) is 29.8 Å². The predicted octanol–water partition coefficient (Wildman–Crippen LogP) is 2.45. The van der Waals surface area contributed by atoms with E-state index in [2.05, 4.69) is 9.64 Å². The third-order valence-corrected chi connectivity index (χ3v) is 5.37. The smallest absolute Gasteiger partial charge is 0.387 e. The van der Waals surface area contributed by atoms with Gasteiger partial charge in [0.1, 0.15) is 5.75 Å². The number of hydrogen-bond acceptors (Lipinski definition) is 4. The number of amides is 1. The van der Waals surface area contributed by atoms with Gasteiger partial charge in [-0.25, -0.2) is 0 Å². The molecule has 0 aromatic heterocycles. The molecule has 0 unspecified atom stereocenters. The Morgan fingerprint density at radius 1 is 1.12 bits per heavy atom. The van der Waals surface area contributed by atoms with E-state index in [4.69, 9.17) is 0 Å². The van der Waals surface area contributed by atoms with Gasteiger partial charge in [-0.2, -0.15) is 8.78 Å². The van der Waals surface area contributed by atoms with Gasteiger partial charge >= 0.3 is 6.61 Å². The second-order valence-electron chi connectivity index (χ2n) is 7.18. The first-order chi connectivity index (χ1) is 12.6. The molecule has 0 spiro atoms. The number of carbonyl (C=O) groups is 1. The summed E-state index contributed by atoms with van der Waals surface area (Å²) in [6.45, 7) is 1.44. The number of rotatable bonds is 6. The van der Waals surface area contributed by atoms with Crippen molar-refractivity contribution >= 4 is 5.91 Å². The van der Waals surface area contributed by atoms with Crippen molar-refractivity contribution in [3.63, 3.8) is 0 Å². The number of piperidine rings is 1. The van der Waals surface area contributed by atoms with E-state index in [1.54, 1.807) is 4.90 Å². The number of alkyl halides is 2. The summed E-state index contributed by atoms with van der Waals surface area (Å²) in [6.07, 6.45) is 3.71. The fraction of sp³-hybridized carbons (Fsp3) is 0.632. The Kier molecular flexibility index (Phi) is 6.43. The van der Waals surface area contributed by atoms with Crippen LogP contribution in [0.5, 0.6) is 5.75 Å². The molecule has 0 radical (unpaired) electrons. The van der Waals surface area contributed by atoms with Crippen LogP contribution in [0, 0.1) is 11.8 Å². The van der Waals surface area contributed by atoms with Crippen molar-refractivity contribution in [2.24, 2.45) is 11.8 Å². The SMILES string of the molecule is O=C(c1ccc(OC(F)F)cc1)N1C[C@@H](CO)[C@@H](CN2CCCCC2)C1. The Balaban J connectivity index is 1.60. The molecule has 2 aliphatic heterocycles. The van der Waals surface area contributed by atoms with Gasteiger partial charge in [0.25, 0.3) is 5.91 Å². The molecule has 0 aliphatic carbocycles. The van der Waals surface area contributed by atoms with Gasteiger partial charge in [0, 0.05) is 37.7 Å². The number of aliphatic hydroxyl groups excluding tert-OH is 1. The van der Waals surface area contributed by atoms with Crippen molar-refractivity contribution in [2.75, 3.05) is 39.3 Å². The summed E-state index contributed by atoms with van der Waals surface area (Å²) < 4.78 is 28.7. The van der Waals surface area contributed by atoms with E-state index < -0.39 is 6.61 Å². The fourth-order valence-corrected chi connectivity index (χ4v) is 3.95. The standard InChI is InChI=1S/C19H26F2N2O3/c20-19(21)26-17-6-4-14(5-7-17)18(25)23-11-15(16(12-23)13-24)10-22-8-2-1-3-9-22/h4-7,15-16,19,24H,1-3,8-13H2/t15-,16-/m0/s1. The first-order valence-electron chi connectivity index (χ1n) is 9.24. The lowest BCUT2D eigenvalue weighted by molar-refractivity contribution is -0.0498. The number of nitrogens with zero attached hydrogens (tertiary/aromatic N) is 2. The monoisotopic (exact) mass is 368 g/mol. The summed E-state index contributed by atoms with van der Waals surface area (Å²) in [6, 6.07) is 5.77. The van der Waals surface area contributed by atoms with E-state index in [9.17, 15) is 18.7 Å². The highest BCUT2D eigenvalue weighted by Gasteiger charge is 2.36. The predicted molar refractivity (Wildman–Crippen MR) is 93.3 cm³/mol. The molecule has 1 aromatic carbocycles. The van der Waals surface area contributed by atoms with Crippen LogP contribution in [0.2, 0.25) is 0 Å². The Morgan fingerprint density at radius 3 is 2.38 bits per heavy atom. The molecule has 5 nitrogen and oxygen atoms in total. The minimum Gasteiger partial charge on any atom is -0.435 e. The minimum atomic E-state index is -2.88. The average Bonchev–Trinajstić information content (AvgIpc) is 3.05. The van der Waals surface area contributed by atoms with Crippen molar-refractivity contribution in [2.45, 2.75) is 25.9 Å². The molecule has 7 heteroatoms. The van der Waals surface area contributed by atoms with Crippen LogP contribution in [-0.4, -0.2) is 66.8 Å². The number of hydrogen-bond donors (Lipinski definition) is 1. The maximum atomic E-state index is 12.7. The summed E-state index contributed by atoms with van der Waals surface area (Å²) in [5.74, 6) is 0.258. The van der Waals surface area contributed by atoms with Gasteiger partial charge in [-0.05, 0) is 56.1 Å². The summed E-state index contributed by atoms with van der Waals surface area (Å²) in [7, 11) is 0. The number of aliphatic hydroxyl groups is 1. The van der Waals surface area contributed by atoms with Crippen LogP contribution in [0.4, 0.5) is 8.78 Å². The van der Waals surface area contributed by atoms with Crippen molar-refractivity contribution in [1.29, 1.82) is 0 Å². The van der Waals surface area contributed by atoms with E-state index in [0.717, 1.165) is 19.6 Å². The van der Waals surface area contributed by atoms with Gasteiger partial charge in [-0.1, -0.05) is 6.42 Å². The van der Waals surface area contributed by atoms with Gasteiger partial charge in [-0.3, -0.25) is 4.79 Å². The zero-order chi connectivity index (χ0) is 18.5. The summed E-state index contributed by atoms with van der Waals surface area (Å²) >= 11 is 0. The summed E-state index contributed by atoms with van der Waals surface area (Å²) in [4.78, 5) is 16.9.